The van der Waals surface area contributed by atoms with Crippen molar-refractivity contribution >= 4 is 61.4 Å². The minimum atomic E-state index is -4.40. The molecule has 0 saturated heterocycles. The van der Waals surface area contributed by atoms with E-state index < -0.39 is 31.1 Å². The van der Waals surface area contributed by atoms with Crippen LogP contribution in [0.4, 0.5) is 11.4 Å². The molecule has 0 aliphatic carbocycles. The molecule has 54 heavy (non-hydrogen) atoms. The summed E-state index contributed by atoms with van der Waals surface area (Å²) >= 11 is 1.86. The van der Waals surface area contributed by atoms with Crippen LogP contribution in [0.1, 0.15) is 71.4 Å². The lowest BCUT2D eigenvalue weighted by atomic mass is 9.81. The zero-order valence-corrected chi connectivity index (χ0v) is 33.9. The van der Waals surface area contributed by atoms with Crippen LogP contribution in [0, 0.1) is 0 Å². The fraction of sp³-hybridized carbons (Fsp3) is 0.417. The minimum absolute atomic E-state index is 0.165. The Labute approximate surface area is 325 Å². The maximum absolute atomic E-state index is 12.0. The Bertz CT molecular complexity index is 2040. The third-order valence-corrected chi connectivity index (χ3v) is 12.2. The highest BCUT2D eigenvalue weighted by Crippen LogP contribution is 2.48. The van der Waals surface area contributed by atoms with Crippen molar-refractivity contribution in [3.8, 4) is 0 Å². The second-order valence-corrected chi connectivity index (χ2v) is 18.4. The van der Waals surface area contributed by atoms with Crippen molar-refractivity contribution < 1.29 is 59.8 Å². The van der Waals surface area contributed by atoms with Crippen LogP contribution in [-0.2, 0) is 49.8 Å². The number of hydrogen-bond acceptors (Lipinski definition) is 13. The van der Waals surface area contributed by atoms with Crippen molar-refractivity contribution in [1.29, 1.82) is 0 Å². The molecule has 0 bridgehead atoms. The molecule has 0 spiro atoms. The van der Waals surface area contributed by atoms with Crippen molar-refractivity contribution in [2.45, 2.75) is 80.9 Å². The summed E-state index contributed by atoms with van der Waals surface area (Å²) in [6.07, 6.45) is 14.2. The Hall–Kier alpha value is -2.85. The van der Waals surface area contributed by atoms with Gasteiger partial charge in [0.25, 0.3) is 20.2 Å². The first-order valence-corrected chi connectivity index (χ1v) is 21.7. The molecule has 0 radical (unpaired) electrons. The van der Waals surface area contributed by atoms with Gasteiger partial charge in [0, 0.05) is 70.2 Å². The van der Waals surface area contributed by atoms with Crippen LogP contribution in [0.3, 0.4) is 0 Å². The molecule has 14 nitrogen and oxygen atoms in total. The van der Waals surface area contributed by atoms with Gasteiger partial charge in [-0.25, -0.2) is 10.5 Å². The third kappa shape index (κ3) is 11.1. The van der Waals surface area contributed by atoms with Crippen molar-refractivity contribution in [3.05, 3.63) is 95.3 Å². The molecule has 18 heteroatoms. The highest BCUT2D eigenvalue weighted by atomic mass is 32.2. The van der Waals surface area contributed by atoms with Crippen molar-refractivity contribution in [2.75, 3.05) is 29.5 Å². The average Bonchev–Trinajstić information content (AvgIpc) is 3.44. The summed E-state index contributed by atoms with van der Waals surface area (Å²) in [6, 6.07) is 10.4. The molecule has 0 unspecified atom stereocenters. The molecule has 2 aliphatic rings. The fourth-order valence-electron chi connectivity index (χ4n) is 6.74. The molecule has 4 N–H and O–H groups in total. The van der Waals surface area contributed by atoms with Gasteiger partial charge in [0.1, 0.15) is 6.54 Å². The molecular weight excluding hydrogens is 781 g/mol. The van der Waals surface area contributed by atoms with E-state index in [-0.39, 0.29) is 10.6 Å². The average molecular weight is 828 g/mol. The lowest BCUT2D eigenvalue weighted by Gasteiger charge is -2.27. The van der Waals surface area contributed by atoms with E-state index in [4.69, 9.17) is 10.5 Å². The zero-order valence-electron chi connectivity index (χ0n) is 30.7. The molecule has 4 rings (SSSR count). The molecule has 2 aromatic rings. The Balaban J connectivity index is 1.60. The summed E-state index contributed by atoms with van der Waals surface area (Å²) in [6.45, 7) is 11.3. The van der Waals surface area contributed by atoms with Gasteiger partial charge in [-0.1, -0.05) is 53.8 Å². The lowest BCUT2D eigenvalue weighted by Crippen LogP contribution is -2.28. The molecule has 0 fully saturated rings. The summed E-state index contributed by atoms with van der Waals surface area (Å²) in [4.78, 5) is 2.70. The van der Waals surface area contributed by atoms with Gasteiger partial charge >= 0.3 is 0 Å². The Kier molecular flexibility index (Phi) is 15.3. The SMILES string of the molecule is CC(C=CC=C1N(CCCCSOOO)c2ccc(S(=O)(=O)O)cc2C1(C)C)=CC=CC1=[N+](CCCCS(=O)(=O)O)c2ccc(SOOO)cc2C1(C)C. The number of unbranched alkanes of at least 4 members (excludes halogenated alkanes) is 2. The van der Waals surface area contributed by atoms with Gasteiger partial charge in [0.05, 0.1) is 28.1 Å². The Morgan fingerprint density at radius 1 is 0.889 bits per heavy atom. The molecule has 2 aromatic carbocycles. The van der Waals surface area contributed by atoms with Gasteiger partial charge in [0.2, 0.25) is 5.69 Å². The summed E-state index contributed by atoms with van der Waals surface area (Å²) in [5.41, 5.74) is 5.44. The third-order valence-electron chi connectivity index (χ3n) is 9.38. The number of hydrogen-bond donors (Lipinski definition) is 4. The molecular formula is C36H47N2O12S4+. The molecule has 2 aliphatic heterocycles. The normalized spacial score (nSPS) is 17.8. The van der Waals surface area contributed by atoms with Crippen molar-refractivity contribution in [2.24, 2.45) is 0 Å². The van der Waals surface area contributed by atoms with Crippen molar-refractivity contribution in [1.82, 2.24) is 0 Å². The largest absolute Gasteiger partial charge is 0.344 e. The number of anilines is 1. The predicted octanol–water partition coefficient (Wildman–Crippen LogP) is 8.00. The standard InChI is InChI=1S/C36H46N2O12S4/c1-26(12-10-14-33-35(2,3)29-24-27(52-50-48-40)16-18-31(29)38(33)21-7-9-23-53(41,42)43)13-11-15-34-36(4,5)30-25-28(54(44,45)46)17-19-32(30)37(34)20-6-8-22-51-49-47-39/h10-19,24-25H,6-9,20-23H2,1-5H3,(H3-,39,40,41,42,43,44,45,46)/p+1. The minimum Gasteiger partial charge on any atom is -0.344 e. The van der Waals surface area contributed by atoms with Crippen LogP contribution in [0.25, 0.3) is 0 Å². The van der Waals surface area contributed by atoms with E-state index in [1.54, 1.807) is 6.07 Å². The molecule has 0 amide bonds. The number of fused-ring (bicyclic) bond motifs is 2. The summed E-state index contributed by atoms with van der Waals surface area (Å²) in [5, 5.41) is 24.4. The number of rotatable bonds is 20. The highest BCUT2D eigenvalue weighted by molar-refractivity contribution is 7.94. The number of allylic oxidation sites excluding steroid dienone is 8. The van der Waals surface area contributed by atoms with Gasteiger partial charge < -0.3 is 4.90 Å². The van der Waals surface area contributed by atoms with Crippen LogP contribution >= 0.6 is 24.1 Å². The Morgan fingerprint density at radius 3 is 2.31 bits per heavy atom. The fourth-order valence-corrected chi connectivity index (χ4v) is 8.64. The first kappa shape index (κ1) is 43.9. The number of nitrogens with zero attached hydrogens (tertiary/aromatic N) is 2. The summed E-state index contributed by atoms with van der Waals surface area (Å²) in [7, 11) is -8.46. The van der Waals surface area contributed by atoms with Gasteiger partial charge in [-0.15, -0.1) is 8.67 Å². The van der Waals surface area contributed by atoms with Crippen molar-refractivity contribution in [3.63, 3.8) is 0 Å². The molecule has 0 saturated carbocycles. The van der Waals surface area contributed by atoms with E-state index >= 15 is 0 Å². The van der Waals surface area contributed by atoms with Gasteiger partial charge in [-0.3, -0.25) is 9.11 Å². The lowest BCUT2D eigenvalue weighted by molar-refractivity contribution is -0.438. The molecule has 2 heterocycles. The monoisotopic (exact) mass is 827 g/mol. The highest BCUT2D eigenvalue weighted by Gasteiger charge is 2.44. The quantitative estimate of drug-likeness (QED) is 0.0191. The molecule has 0 aromatic heterocycles. The van der Waals surface area contributed by atoms with Gasteiger partial charge in [-0.05, 0) is 82.0 Å². The summed E-state index contributed by atoms with van der Waals surface area (Å²) < 4.78 is 76.8. The van der Waals surface area contributed by atoms with Gasteiger partial charge in [0.15, 0.2) is 5.71 Å². The van der Waals surface area contributed by atoms with E-state index in [9.17, 15) is 25.9 Å². The predicted molar refractivity (Wildman–Crippen MR) is 209 cm³/mol. The van der Waals surface area contributed by atoms with Crippen LogP contribution in [0.15, 0.2) is 93.9 Å². The van der Waals surface area contributed by atoms with Gasteiger partial charge in [-0.2, -0.15) is 21.4 Å². The number of benzene rings is 2. The van der Waals surface area contributed by atoms with Crippen LogP contribution in [0.5, 0.6) is 0 Å². The van der Waals surface area contributed by atoms with E-state index in [1.165, 1.54) is 12.1 Å². The Morgan fingerprint density at radius 2 is 1.63 bits per heavy atom. The van der Waals surface area contributed by atoms with E-state index in [0.717, 1.165) is 81.3 Å². The molecule has 0 atom stereocenters. The smallest absolute Gasteiger partial charge is 0.294 e. The van der Waals surface area contributed by atoms with E-state index in [2.05, 4.69) is 42.1 Å². The maximum Gasteiger partial charge on any atom is 0.294 e. The zero-order chi connectivity index (χ0) is 39.7. The van der Waals surface area contributed by atoms with Crippen LogP contribution < -0.4 is 4.90 Å². The van der Waals surface area contributed by atoms with E-state index in [1.807, 2.05) is 75.4 Å². The first-order valence-electron chi connectivity index (χ1n) is 17.0. The first-order chi connectivity index (χ1) is 25.4. The maximum atomic E-state index is 12.0. The van der Waals surface area contributed by atoms with Crippen LogP contribution in [0.2, 0.25) is 0 Å². The topological polar surface area (TPSA) is 192 Å². The van der Waals surface area contributed by atoms with Crippen LogP contribution in [-0.4, -0.2) is 71.3 Å². The second-order valence-electron chi connectivity index (χ2n) is 13.8. The summed E-state index contributed by atoms with van der Waals surface area (Å²) in [5.74, 6) is 0.273. The van der Waals surface area contributed by atoms with E-state index in [0.29, 0.717) is 31.7 Å². The second kappa shape index (κ2) is 18.9. The molecule has 296 valence electrons.